The predicted octanol–water partition coefficient (Wildman–Crippen LogP) is 0.0896. The second-order valence-corrected chi connectivity index (χ2v) is 3.84. The maximum atomic E-state index is 8.52. The smallest absolute Gasteiger partial charge is 0.143 e. The van der Waals surface area contributed by atoms with Crippen molar-refractivity contribution in [2.24, 2.45) is 16.8 Å². The molecule has 0 aromatic rings. The van der Waals surface area contributed by atoms with E-state index < -0.39 is 0 Å². The number of hydrogen-bond acceptors (Lipinski definition) is 4. The van der Waals surface area contributed by atoms with E-state index in [1.165, 1.54) is 0 Å². The Labute approximate surface area is 84.5 Å². The Kier molecular flexibility index (Phi) is 4.16. The monoisotopic (exact) mass is 201 g/mol. The molecule has 0 aliphatic carbocycles. The van der Waals surface area contributed by atoms with Crippen LogP contribution < -0.4 is 5.73 Å². The van der Waals surface area contributed by atoms with Gasteiger partial charge >= 0.3 is 0 Å². The third-order valence-electron chi connectivity index (χ3n) is 2.63. The van der Waals surface area contributed by atoms with Gasteiger partial charge in [0.05, 0.1) is 13.2 Å². The van der Waals surface area contributed by atoms with Crippen molar-refractivity contribution in [1.82, 2.24) is 4.90 Å². The van der Waals surface area contributed by atoms with Crippen LogP contribution in [-0.4, -0.2) is 48.3 Å². The minimum Gasteiger partial charge on any atom is -0.409 e. The molecule has 0 aromatic heterocycles. The molecule has 1 aliphatic heterocycles. The first-order valence-electron chi connectivity index (χ1n) is 4.94. The Bertz CT molecular complexity index is 208. The fourth-order valence-corrected chi connectivity index (χ4v) is 1.58. The van der Waals surface area contributed by atoms with Crippen molar-refractivity contribution in [3.63, 3.8) is 0 Å². The Balaban J connectivity index is 2.42. The van der Waals surface area contributed by atoms with E-state index in [0.717, 1.165) is 26.3 Å². The molecule has 1 heterocycles. The summed E-state index contributed by atoms with van der Waals surface area (Å²) in [6.07, 6.45) is 0. The number of oxime groups is 1. The molecule has 0 bridgehead atoms. The van der Waals surface area contributed by atoms with Crippen LogP contribution in [0.1, 0.15) is 13.8 Å². The first-order chi connectivity index (χ1) is 6.65. The van der Waals surface area contributed by atoms with E-state index in [-0.39, 0.29) is 5.92 Å². The lowest BCUT2D eigenvalue weighted by Crippen LogP contribution is -2.47. The molecule has 5 nitrogen and oxygen atoms in total. The fourth-order valence-electron chi connectivity index (χ4n) is 1.58. The zero-order valence-electron chi connectivity index (χ0n) is 8.81. The van der Waals surface area contributed by atoms with Crippen LogP contribution in [0.2, 0.25) is 0 Å². The molecule has 0 saturated carbocycles. The van der Waals surface area contributed by atoms with Crippen molar-refractivity contribution in [2.45, 2.75) is 19.9 Å². The van der Waals surface area contributed by atoms with Gasteiger partial charge in [-0.25, -0.2) is 0 Å². The minimum atomic E-state index is 0.0838. The number of nitrogens with two attached hydrogens (primary N) is 1. The highest BCUT2D eigenvalue weighted by molar-refractivity contribution is 5.82. The molecule has 0 aromatic carbocycles. The number of morpholine rings is 1. The van der Waals surface area contributed by atoms with Gasteiger partial charge in [0.15, 0.2) is 0 Å². The van der Waals surface area contributed by atoms with E-state index in [0.29, 0.717) is 11.9 Å². The zero-order valence-corrected chi connectivity index (χ0v) is 8.81. The molecule has 0 radical (unpaired) electrons. The number of hydrogen-bond donors (Lipinski definition) is 2. The first kappa shape index (κ1) is 11.3. The molecule has 1 fully saturated rings. The highest BCUT2D eigenvalue weighted by Crippen LogP contribution is 2.09. The second-order valence-electron chi connectivity index (χ2n) is 3.84. The Hall–Kier alpha value is -0.810. The first-order valence-corrected chi connectivity index (χ1v) is 4.94. The highest BCUT2D eigenvalue weighted by atomic mass is 16.5. The summed E-state index contributed by atoms with van der Waals surface area (Å²) in [6.45, 7) is 7.36. The molecular weight excluding hydrogens is 182 g/mol. The fraction of sp³-hybridized carbons (Fsp3) is 0.889. The van der Waals surface area contributed by atoms with Gasteiger partial charge in [0.25, 0.3) is 0 Å². The molecule has 2 atom stereocenters. The molecule has 2 unspecified atom stereocenters. The van der Waals surface area contributed by atoms with Gasteiger partial charge in [-0.3, -0.25) is 4.90 Å². The molecule has 0 amide bonds. The summed E-state index contributed by atoms with van der Waals surface area (Å²) in [6, 6.07) is 0.415. The van der Waals surface area contributed by atoms with Crippen LogP contribution in [-0.2, 0) is 4.74 Å². The van der Waals surface area contributed by atoms with Gasteiger partial charge in [-0.15, -0.1) is 0 Å². The lowest BCUT2D eigenvalue weighted by molar-refractivity contribution is -0.00307. The minimum absolute atomic E-state index is 0.0838. The number of nitrogens with zero attached hydrogens (tertiary/aromatic N) is 2. The Morgan fingerprint density at radius 2 is 2.50 bits per heavy atom. The molecule has 1 saturated heterocycles. The predicted molar refractivity (Wildman–Crippen MR) is 54.4 cm³/mol. The van der Waals surface area contributed by atoms with Crippen LogP contribution in [0, 0.1) is 5.92 Å². The third kappa shape index (κ3) is 2.85. The number of amidine groups is 1. The normalized spacial score (nSPS) is 27.6. The SMILES string of the molecule is CC(CN1CCOCC1C)/C(N)=N/O. The molecule has 5 heteroatoms. The summed E-state index contributed by atoms with van der Waals surface area (Å²) in [4.78, 5) is 2.30. The maximum absolute atomic E-state index is 8.52. The van der Waals surface area contributed by atoms with Crippen molar-refractivity contribution in [1.29, 1.82) is 0 Å². The molecule has 1 aliphatic rings. The van der Waals surface area contributed by atoms with E-state index in [1.54, 1.807) is 0 Å². The van der Waals surface area contributed by atoms with E-state index in [1.807, 2.05) is 6.92 Å². The van der Waals surface area contributed by atoms with Gasteiger partial charge in [-0.05, 0) is 6.92 Å². The number of ether oxygens (including phenoxy) is 1. The highest BCUT2D eigenvalue weighted by Gasteiger charge is 2.21. The molecular formula is C9H19N3O2. The van der Waals surface area contributed by atoms with Gasteiger partial charge in [-0.1, -0.05) is 12.1 Å². The summed E-state index contributed by atoms with van der Waals surface area (Å²) >= 11 is 0. The van der Waals surface area contributed by atoms with Crippen molar-refractivity contribution in [3.05, 3.63) is 0 Å². The molecule has 3 N–H and O–H groups in total. The van der Waals surface area contributed by atoms with Gasteiger partial charge in [0, 0.05) is 25.0 Å². The lowest BCUT2D eigenvalue weighted by Gasteiger charge is -2.34. The van der Waals surface area contributed by atoms with Crippen LogP contribution in [0.4, 0.5) is 0 Å². The summed E-state index contributed by atoms with van der Waals surface area (Å²) < 4.78 is 5.33. The third-order valence-corrected chi connectivity index (χ3v) is 2.63. The van der Waals surface area contributed by atoms with Crippen LogP contribution in [0.15, 0.2) is 5.16 Å². The van der Waals surface area contributed by atoms with Gasteiger partial charge in [0.1, 0.15) is 5.84 Å². The lowest BCUT2D eigenvalue weighted by atomic mass is 10.1. The Morgan fingerprint density at radius 3 is 3.07 bits per heavy atom. The standard InChI is InChI=1S/C9H19N3O2/c1-7(9(10)11-13)5-12-3-4-14-6-8(12)2/h7-8,13H,3-6H2,1-2H3,(H2,10,11). The van der Waals surface area contributed by atoms with Crippen LogP contribution in [0.3, 0.4) is 0 Å². The van der Waals surface area contributed by atoms with Gasteiger partial charge in [-0.2, -0.15) is 0 Å². The average Bonchev–Trinajstić information content (AvgIpc) is 2.20. The van der Waals surface area contributed by atoms with Crippen molar-refractivity contribution < 1.29 is 9.94 Å². The van der Waals surface area contributed by atoms with Crippen molar-refractivity contribution in [3.8, 4) is 0 Å². The molecule has 1 rings (SSSR count). The molecule has 14 heavy (non-hydrogen) atoms. The van der Waals surface area contributed by atoms with Crippen molar-refractivity contribution >= 4 is 5.84 Å². The quantitative estimate of drug-likeness (QED) is 0.294. The van der Waals surface area contributed by atoms with Gasteiger partial charge in [0.2, 0.25) is 0 Å². The van der Waals surface area contributed by atoms with E-state index in [2.05, 4.69) is 17.0 Å². The zero-order chi connectivity index (χ0) is 10.6. The van der Waals surface area contributed by atoms with Crippen LogP contribution >= 0.6 is 0 Å². The average molecular weight is 201 g/mol. The van der Waals surface area contributed by atoms with Gasteiger partial charge < -0.3 is 15.7 Å². The van der Waals surface area contributed by atoms with Crippen LogP contribution in [0.5, 0.6) is 0 Å². The van der Waals surface area contributed by atoms with Crippen LogP contribution in [0.25, 0.3) is 0 Å². The summed E-state index contributed by atoms with van der Waals surface area (Å²) in [5, 5.41) is 11.5. The summed E-state index contributed by atoms with van der Waals surface area (Å²) in [5.74, 6) is 0.379. The van der Waals surface area contributed by atoms with Crippen molar-refractivity contribution in [2.75, 3.05) is 26.3 Å². The van der Waals surface area contributed by atoms with E-state index in [4.69, 9.17) is 15.7 Å². The Morgan fingerprint density at radius 1 is 1.79 bits per heavy atom. The second kappa shape index (κ2) is 5.17. The van der Waals surface area contributed by atoms with E-state index in [9.17, 15) is 0 Å². The largest absolute Gasteiger partial charge is 0.409 e. The number of rotatable bonds is 3. The molecule has 0 spiro atoms. The maximum Gasteiger partial charge on any atom is 0.143 e. The molecule has 82 valence electrons. The summed E-state index contributed by atoms with van der Waals surface area (Å²) in [7, 11) is 0. The summed E-state index contributed by atoms with van der Waals surface area (Å²) in [5.41, 5.74) is 5.52. The van der Waals surface area contributed by atoms with E-state index >= 15 is 0 Å². The topological polar surface area (TPSA) is 71.1 Å².